The van der Waals surface area contributed by atoms with Crippen molar-refractivity contribution in [1.82, 2.24) is 10.6 Å². The Morgan fingerprint density at radius 2 is 2.55 bits per heavy atom. The van der Waals surface area contributed by atoms with Crippen molar-refractivity contribution < 1.29 is 4.79 Å². The standard InChI is InChI=1S/C8H16N2O/c1-6(5-9-2)7-3-4-8(11)10-7/h6-7,9H,3-5H2,1-2H3,(H,10,11). The van der Waals surface area contributed by atoms with Crippen LogP contribution in [0.1, 0.15) is 19.8 Å². The molecule has 0 aromatic heterocycles. The first-order chi connectivity index (χ1) is 5.24. The van der Waals surface area contributed by atoms with E-state index in [9.17, 15) is 4.79 Å². The zero-order chi connectivity index (χ0) is 8.27. The average Bonchev–Trinajstić information content (AvgIpc) is 2.36. The molecule has 3 nitrogen and oxygen atoms in total. The lowest BCUT2D eigenvalue weighted by Crippen LogP contribution is -2.35. The van der Waals surface area contributed by atoms with Crippen LogP contribution in [0.3, 0.4) is 0 Å². The van der Waals surface area contributed by atoms with Crippen molar-refractivity contribution in [3.8, 4) is 0 Å². The van der Waals surface area contributed by atoms with Gasteiger partial charge in [0.25, 0.3) is 0 Å². The summed E-state index contributed by atoms with van der Waals surface area (Å²) < 4.78 is 0. The molecule has 1 amide bonds. The lowest BCUT2D eigenvalue weighted by atomic mass is 10.0. The van der Waals surface area contributed by atoms with Crippen molar-refractivity contribution in [2.45, 2.75) is 25.8 Å². The van der Waals surface area contributed by atoms with E-state index < -0.39 is 0 Å². The number of hydrogen-bond donors (Lipinski definition) is 2. The predicted octanol–water partition coefficient (Wildman–Crippen LogP) is 0.120. The maximum Gasteiger partial charge on any atom is 0.220 e. The molecule has 64 valence electrons. The topological polar surface area (TPSA) is 41.1 Å². The van der Waals surface area contributed by atoms with Gasteiger partial charge in [-0.2, -0.15) is 0 Å². The highest BCUT2D eigenvalue weighted by Gasteiger charge is 2.24. The van der Waals surface area contributed by atoms with Gasteiger partial charge in [0.1, 0.15) is 0 Å². The third-order valence-corrected chi connectivity index (χ3v) is 2.24. The van der Waals surface area contributed by atoms with E-state index in [4.69, 9.17) is 0 Å². The number of carbonyl (C=O) groups is 1. The van der Waals surface area contributed by atoms with Gasteiger partial charge in [0.15, 0.2) is 0 Å². The zero-order valence-corrected chi connectivity index (χ0v) is 7.18. The monoisotopic (exact) mass is 156 g/mol. The smallest absolute Gasteiger partial charge is 0.220 e. The van der Waals surface area contributed by atoms with Crippen LogP contribution < -0.4 is 10.6 Å². The SMILES string of the molecule is CNCC(C)C1CCC(=O)N1. The van der Waals surface area contributed by atoms with Crippen LogP contribution in [0.5, 0.6) is 0 Å². The van der Waals surface area contributed by atoms with Crippen molar-refractivity contribution >= 4 is 5.91 Å². The minimum Gasteiger partial charge on any atom is -0.353 e. The van der Waals surface area contributed by atoms with Crippen LogP contribution >= 0.6 is 0 Å². The van der Waals surface area contributed by atoms with Gasteiger partial charge in [0.05, 0.1) is 0 Å². The molecule has 0 aromatic rings. The van der Waals surface area contributed by atoms with Crippen molar-refractivity contribution in [2.75, 3.05) is 13.6 Å². The molecule has 1 rings (SSSR count). The molecule has 3 heteroatoms. The second kappa shape index (κ2) is 3.72. The molecular weight excluding hydrogens is 140 g/mol. The summed E-state index contributed by atoms with van der Waals surface area (Å²) in [7, 11) is 1.94. The van der Waals surface area contributed by atoms with E-state index in [1.54, 1.807) is 0 Å². The van der Waals surface area contributed by atoms with Crippen molar-refractivity contribution in [3.05, 3.63) is 0 Å². The molecule has 1 heterocycles. The van der Waals surface area contributed by atoms with E-state index in [1.807, 2.05) is 7.05 Å². The van der Waals surface area contributed by atoms with Gasteiger partial charge in [-0.3, -0.25) is 4.79 Å². The third kappa shape index (κ3) is 2.19. The van der Waals surface area contributed by atoms with Crippen LogP contribution in [-0.4, -0.2) is 25.5 Å². The summed E-state index contributed by atoms with van der Waals surface area (Å²) in [6.45, 7) is 3.14. The summed E-state index contributed by atoms with van der Waals surface area (Å²) in [6.07, 6.45) is 1.71. The molecule has 2 atom stereocenters. The van der Waals surface area contributed by atoms with E-state index in [1.165, 1.54) is 0 Å². The largest absolute Gasteiger partial charge is 0.353 e. The van der Waals surface area contributed by atoms with Crippen LogP contribution in [0, 0.1) is 5.92 Å². The second-order valence-electron chi connectivity index (χ2n) is 3.25. The minimum atomic E-state index is 0.206. The summed E-state index contributed by atoms with van der Waals surface area (Å²) in [4.78, 5) is 10.8. The van der Waals surface area contributed by atoms with Crippen molar-refractivity contribution in [1.29, 1.82) is 0 Å². The second-order valence-corrected chi connectivity index (χ2v) is 3.25. The van der Waals surface area contributed by atoms with Crippen molar-refractivity contribution in [2.24, 2.45) is 5.92 Å². The van der Waals surface area contributed by atoms with Crippen LogP contribution in [0.15, 0.2) is 0 Å². The summed E-state index contributed by atoms with van der Waals surface area (Å²) >= 11 is 0. The summed E-state index contributed by atoms with van der Waals surface area (Å²) in [5, 5.41) is 6.07. The Hall–Kier alpha value is -0.570. The maximum absolute atomic E-state index is 10.8. The number of amides is 1. The Morgan fingerprint density at radius 1 is 1.82 bits per heavy atom. The molecule has 1 saturated heterocycles. The normalized spacial score (nSPS) is 26.7. The molecule has 1 aliphatic rings. The van der Waals surface area contributed by atoms with Crippen LogP contribution in [0.4, 0.5) is 0 Å². The van der Waals surface area contributed by atoms with E-state index >= 15 is 0 Å². The first-order valence-electron chi connectivity index (χ1n) is 4.18. The quantitative estimate of drug-likeness (QED) is 0.609. The molecule has 0 aromatic carbocycles. The Bertz CT molecular complexity index is 147. The highest BCUT2D eigenvalue weighted by molar-refractivity contribution is 5.78. The van der Waals surface area contributed by atoms with Crippen LogP contribution in [-0.2, 0) is 4.79 Å². The van der Waals surface area contributed by atoms with E-state index in [-0.39, 0.29) is 5.91 Å². The fourth-order valence-corrected chi connectivity index (χ4v) is 1.53. The Morgan fingerprint density at radius 3 is 3.00 bits per heavy atom. The Balaban J connectivity index is 2.30. The van der Waals surface area contributed by atoms with Gasteiger partial charge in [-0.1, -0.05) is 6.92 Å². The number of rotatable bonds is 3. The van der Waals surface area contributed by atoms with Gasteiger partial charge < -0.3 is 10.6 Å². The fourth-order valence-electron chi connectivity index (χ4n) is 1.53. The number of carbonyl (C=O) groups excluding carboxylic acids is 1. The molecule has 11 heavy (non-hydrogen) atoms. The van der Waals surface area contributed by atoms with E-state index in [0.717, 1.165) is 13.0 Å². The first kappa shape index (κ1) is 8.53. The van der Waals surface area contributed by atoms with Gasteiger partial charge in [-0.05, 0) is 25.9 Å². The van der Waals surface area contributed by atoms with Gasteiger partial charge in [0, 0.05) is 12.5 Å². The third-order valence-electron chi connectivity index (χ3n) is 2.24. The van der Waals surface area contributed by atoms with Gasteiger partial charge in [-0.25, -0.2) is 0 Å². The van der Waals surface area contributed by atoms with Gasteiger partial charge in [0.2, 0.25) is 5.91 Å². The molecule has 1 fully saturated rings. The van der Waals surface area contributed by atoms with E-state index in [0.29, 0.717) is 18.4 Å². The molecule has 1 aliphatic heterocycles. The maximum atomic E-state index is 10.8. The molecular formula is C8H16N2O. The summed E-state index contributed by atoms with van der Waals surface area (Å²) in [5.74, 6) is 0.754. The highest BCUT2D eigenvalue weighted by atomic mass is 16.1. The van der Waals surface area contributed by atoms with E-state index in [2.05, 4.69) is 17.6 Å². The lowest BCUT2D eigenvalue weighted by Gasteiger charge is -2.18. The molecule has 2 N–H and O–H groups in total. The highest BCUT2D eigenvalue weighted by Crippen LogP contribution is 2.14. The molecule has 0 saturated carbocycles. The molecule has 0 spiro atoms. The zero-order valence-electron chi connectivity index (χ0n) is 7.18. The van der Waals surface area contributed by atoms with Crippen molar-refractivity contribution in [3.63, 3.8) is 0 Å². The molecule has 0 radical (unpaired) electrons. The predicted molar refractivity (Wildman–Crippen MR) is 44.3 cm³/mol. The Kier molecular flexibility index (Phi) is 2.88. The number of nitrogens with one attached hydrogen (secondary N) is 2. The molecule has 0 bridgehead atoms. The fraction of sp³-hybridized carbons (Fsp3) is 0.875. The first-order valence-corrected chi connectivity index (χ1v) is 4.18. The molecule has 0 aliphatic carbocycles. The van der Waals surface area contributed by atoms with Crippen LogP contribution in [0.2, 0.25) is 0 Å². The lowest BCUT2D eigenvalue weighted by molar-refractivity contribution is -0.119. The van der Waals surface area contributed by atoms with Gasteiger partial charge >= 0.3 is 0 Å². The molecule has 2 unspecified atom stereocenters. The summed E-state index contributed by atoms with van der Waals surface area (Å²) in [5.41, 5.74) is 0. The minimum absolute atomic E-state index is 0.206. The Labute approximate surface area is 67.5 Å². The van der Waals surface area contributed by atoms with Gasteiger partial charge in [-0.15, -0.1) is 0 Å². The summed E-state index contributed by atoms with van der Waals surface area (Å²) in [6, 6.07) is 0.398. The average molecular weight is 156 g/mol. The number of hydrogen-bond acceptors (Lipinski definition) is 2. The van der Waals surface area contributed by atoms with Crippen LogP contribution in [0.25, 0.3) is 0 Å².